The van der Waals surface area contributed by atoms with Crippen molar-refractivity contribution in [2.75, 3.05) is 33.4 Å². The normalized spacial score (nSPS) is 16.2. The fraction of sp³-hybridized carbons (Fsp3) is 0.375. The van der Waals surface area contributed by atoms with Crippen molar-refractivity contribution < 1.29 is 17.9 Å². The van der Waals surface area contributed by atoms with E-state index in [0.717, 1.165) is 27.5 Å². The van der Waals surface area contributed by atoms with E-state index in [4.69, 9.17) is 14.5 Å². The second-order valence-corrected chi connectivity index (χ2v) is 11.5. The fourth-order valence-corrected chi connectivity index (χ4v) is 6.24. The molecule has 4 rings (SSSR count). The summed E-state index contributed by atoms with van der Waals surface area (Å²) in [5.74, 6) is 0.789. The van der Waals surface area contributed by atoms with Crippen LogP contribution in [0.25, 0.3) is 11.3 Å². The zero-order chi connectivity index (χ0) is 23.6. The van der Waals surface area contributed by atoms with E-state index in [-0.39, 0.29) is 5.54 Å². The molecule has 1 fully saturated rings. The third kappa shape index (κ3) is 5.06. The van der Waals surface area contributed by atoms with Gasteiger partial charge in [0.25, 0.3) is 0 Å². The number of aromatic nitrogens is 1. The fourth-order valence-electron chi connectivity index (χ4n) is 3.74. The molecule has 1 aliphatic rings. The minimum Gasteiger partial charge on any atom is -0.497 e. The van der Waals surface area contributed by atoms with Crippen LogP contribution in [0.5, 0.6) is 5.75 Å². The van der Waals surface area contributed by atoms with Crippen LogP contribution in [0, 0.1) is 0 Å². The number of hydrogen-bond acceptors (Lipinski definition) is 6. The zero-order valence-electron chi connectivity index (χ0n) is 19.3. The summed E-state index contributed by atoms with van der Waals surface area (Å²) >= 11 is 1.56. The van der Waals surface area contributed by atoms with Crippen molar-refractivity contribution in [1.29, 1.82) is 0 Å². The number of sulfonamides is 1. The summed E-state index contributed by atoms with van der Waals surface area (Å²) in [6.07, 6.45) is 0. The van der Waals surface area contributed by atoms with Crippen LogP contribution >= 0.6 is 11.3 Å². The molecule has 33 heavy (non-hydrogen) atoms. The van der Waals surface area contributed by atoms with Gasteiger partial charge in [-0.25, -0.2) is 13.4 Å². The minimum atomic E-state index is -3.52. The lowest BCUT2D eigenvalue weighted by molar-refractivity contribution is 0.0730. The molecular formula is C24H29N3O4S2. The summed E-state index contributed by atoms with van der Waals surface area (Å²) in [6.45, 7) is 8.02. The third-order valence-corrected chi connectivity index (χ3v) is 8.17. The van der Waals surface area contributed by atoms with E-state index in [2.05, 4.69) is 30.7 Å². The predicted octanol–water partition coefficient (Wildman–Crippen LogP) is 4.23. The second-order valence-electron chi connectivity index (χ2n) is 8.76. The smallest absolute Gasteiger partial charge is 0.243 e. The molecule has 7 nitrogen and oxygen atoms in total. The first kappa shape index (κ1) is 23.7. The Bertz CT molecular complexity index is 1260. The van der Waals surface area contributed by atoms with Gasteiger partial charge in [-0.15, -0.1) is 11.3 Å². The number of rotatable bonds is 5. The molecule has 0 spiro atoms. The maximum Gasteiger partial charge on any atom is 0.243 e. The van der Waals surface area contributed by atoms with Crippen LogP contribution in [0.1, 0.15) is 20.8 Å². The van der Waals surface area contributed by atoms with Gasteiger partial charge in [-0.2, -0.15) is 4.31 Å². The van der Waals surface area contributed by atoms with Gasteiger partial charge in [-0.3, -0.25) is 0 Å². The Morgan fingerprint density at radius 2 is 1.64 bits per heavy atom. The first-order valence-corrected chi connectivity index (χ1v) is 13.1. The molecule has 1 saturated heterocycles. The zero-order valence-corrected chi connectivity index (χ0v) is 20.9. The van der Waals surface area contributed by atoms with Crippen molar-refractivity contribution >= 4 is 27.0 Å². The molecule has 0 bridgehead atoms. The lowest BCUT2D eigenvalue weighted by atomic mass is 10.1. The molecule has 0 atom stereocenters. The van der Waals surface area contributed by atoms with Crippen LogP contribution in [0.4, 0.5) is 5.69 Å². The molecule has 1 aromatic heterocycles. The van der Waals surface area contributed by atoms with Gasteiger partial charge in [0, 0.05) is 24.0 Å². The topological polar surface area (TPSA) is 73.1 Å². The van der Waals surface area contributed by atoms with Crippen LogP contribution < -0.4 is 9.54 Å². The van der Waals surface area contributed by atoms with Crippen molar-refractivity contribution in [3.63, 3.8) is 0 Å². The number of ether oxygens (including phenoxy) is 2. The summed E-state index contributed by atoms with van der Waals surface area (Å²) < 4.78 is 40.1. The molecule has 9 heteroatoms. The van der Waals surface area contributed by atoms with Gasteiger partial charge < -0.3 is 14.0 Å². The van der Waals surface area contributed by atoms with Crippen molar-refractivity contribution in [2.24, 2.45) is 4.99 Å². The summed E-state index contributed by atoms with van der Waals surface area (Å²) in [5, 5.41) is 2.07. The Balaban J connectivity index is 1.71. The van der Waals surface area contributed by atoms with E-state index >= 15 is 0 Å². The van der Waals surface area contributed by atoms with E-state index in [1.807, 2.05) is 36.4 Å². The summed E-state index contributed by atoms with van der Waals surface area (Å²) in [6, 6.07) is 14.7. The first-order chi connectivity index (χ1) is 15.7. The standard InChI is InChI=1S/C24H29N3O4S2/c1-24(2,3)27-22(17-32-23(27)25-19-7-9-20(30-4)10-8-19)18-5-11-21(12-6-18)33(28,29)26-13-15-31-16-14-26/h5-12,17H,13-16H2,1-4H3. The highest BCUT2D eigenvalue weighted by atomic mass is 32.2. The molecule has 2 heterocycles. The number of methoxy groups -OCH3 is 1. The Morgan fingerprint density at radius 1 is 1.00 bits per heavy atom. The second kappa shape index (κ2) is 9.42. The van der Waals surface area contributed by atoms with Crippen LogP contribution in [-0.4, -0.2) is 50.7 Å². The molecule has 0 amide bonds. The Kier molecular flexibility index (Phi) is 6.76. The average molecular weight is 488 g/mol. The highest BCUT2D eigenvalue weighted by Crippen LogP contribution is 2.28. The first-order valence-electron chi connectivity index (χ1n) is 10.8. The van der Waals surface area contributed by atoms with Crippen molar-refractivity contribution in [3.8, 4) is 17.0 Å². The third-order valence-electron chi connectivity index (χ3n) is 5.43. The van der Waals surface area contributed by atoms with Gasteiger partial charge in [0.2, 0.25) is 10.0 Å². The molecule has 0 saturated carbocycles. The molecule has 176 valence electrons. The van der Waals surface area contributed by atoms with Gasteiger partial charge >= 0.3 is 0 Å². The molecular weight excluding hydrogens is 458 g/mol. The van der Waals surface area contributed by atoms with Crippen molar-refractivity contribution in [3.05, 3.63) is 58.7 Å². The predicted molar refractivity (Wildman–Crippen MR) is 131 cm³/mol. The molecule has 3 aromatic rings. The summed E-state index contributed by atoms with van der Waals surface area (Å²) in [7, 11) is -1.88. The average Bonchev–Trinajstić information content (AvgIpc) is 3.24. The summed E-state index contributed by atoms with van der Waals surface area (Å²) in [5.41, 5.74) is 2.56. The summed E-state index contributed by atoms with van der Waals surface area (Å²) in [4.78, 5) is 6.03. The van der Waals surface area contributed by atoms with E-state index in [9.17, 15) is 8.42 Å². The van der Waals surface area contributed by atoms with Gasteiger partial charge in [-0.05, 0) is 62.7 Å². The maximum atomic E-state index is 13.0. The van der Waals surface area contributed by atoms with Crippen LogP contribution in [0.3, 0.4) is 0 Å². The monoisotopic (exact) mass is 487 g/mol. The van der Waals surface area contributed by atoms with Crippen molar-refractivity contribution in [2.45, 2.75) is 31.2 Å². The largest absolute Gasteiger partial charge is 0.497 e. The Hall–Kier alpha value is -2.46. The van der Waals surface area contributed by atoms with E-state index in [0.29, 0.717) is 31.2 Å². The maximum absolute atomic E-state index is 13.0. The highest BCUT2D eigenvalue weighted by molar-refractivity contribution is 7.89. The molecule has 0 radical (unpaired) electrons. The number of nitrogens with zero attached hydrogens (tertiary/aromatic N) is 3. The number of benzene rings is 2. The molecule has 2 aromatic carbocycles. The molecule has 1 aliphatic heterocycles. The molecule has 0 aliphatic carbocycles. The lowest BCUT2D eigenvalue weighted by Gasteiger charge is -2.26. The van der Waals surface area contributed by atoms with E-state index in [1.165, 1.54) is 4.31 Å². The van der Waals surface area contributed by atoms with Gasteiger partial charge in [0.15, 0.2) is 4.80 Å². The quantitative estimate of drug-likeness (QED) is 0.540. The Labute approximate surface area is 199 Å². The van der Waals surface area contributed by atoms with Crippen molar-refractivity contribution in [1.82, 2.24) is 8.87 Å². The number of hydrogen-bond donors (Lipinski definition) is 0. The Morgan fingerprint density at radius 3 is 2.21 bits per heavy atom. The minimum absolute atomic E-state index is 0.223. The number of thiazole rings is 1. The highest BCUT2D eigenvalue weighted by Gasteiger charge is 2.26. The van der Waals surface area contributed by atoms with Gasteiger partial charge in [-0.1, -0.05) is 12.1 Å². The van der Waals surface area contributed by atoms with E-state index < -0.39 is 10.0 Å². The van der Waals surface area contributed by atoms with Crippen LogP contribution in [-0.2, 0) is 20.3 Å². The van der Waals surface area contributed by atoms with E-state index in [1.54, 1.807) is 30.6 Å². The SMILES string of the molecule is COc1ccc(N=c2scc(-c3ccc(S(=O)(=O)N4CCOCC4)cc3)n2C(C)(C)C)cc1. The molecule has 0 N–H and O–H groups in total. The number of morpholine rings is 1. The van der Waals surface area contributed by atoms with Gasteiger partial charge in [0.1, 0.15) is 5.75 Å². The van der Waals surface area contributed by atoms with Crippen LogP contribution in [0.2, 0.25) is 0 Å². The van der Waals surface area contributed by atoms with Crippen LogP contribution in [0.15, 0.2) is 63.8 Å². The van der Waals surface area contributed by atoms with Gasteiger partial charge in [0.05, 0.1) is 36.6 Å². The molecule has 0 unspecified atom stereocenters. The lowest BCUT2D eigenvalue weighted by Crippen LogP contribution is -2.40.